The molecule has 0 aliphatic rings. The van der Waals surface area contributed by atoms with Crippen LogP contribution >= 0.6 is 0 Å². The molecule has 0 saturated heterocycles. The summed E-state index contributed by atoms with van der Waals surface area (Å²) in [5.41, 5.74) is 0. The van der Waals surface area contributed by atoms with Gasteiger partial charge in [-0.1, -0.05) is 0 Å². The Labute approximate surface area is 99.6 Å². The zero-order valence-corrected chi connectivity index (χ0v) is 18.7. The topological polar surface area (TPSA) is 9.23 Å². The normalized spacial score (nSPS) is 12.8. The van der Waals surface area contributed by atoms with Gasteiger partial charge in [-0.05, 0) is 0 Å². The van der Waals surface area contributed by atoms with Gasteiger partial charge in [0.2, 0.25) is 0 Å². The monoisotopic (exact) mass is 590 g/mol. The summed E-state index contributed by atoms with van der Waals surface area (Å²) < 4.78 is 22.6. The number of hydrogen-bond donors (Lipinski definition) is 0. The van der Waals surface area contributed by atoms with Crippen LogP contribution in [0.2, 0.25) is 26.9 Å². The van der Waals surface area contributed by atoms with Crippen molar-refractivity contribution in [3.8, 4) is 0 Å². The van der Waals surface area contributed by atoms with Crippen LogP contribution in [-0.4, -0.2) is 55.6 Å². The third-order valence-corrected chi connectivity index (χ3v) is 67.5. The standard InChI is InChI=1S/C5H8O.6CH3.2Pb/c1-3-5-6-4-2;;;;;;;;/h3H,4-5H2,2H3;6*1H3;;. The van der Waals surface area contributed by atoms with Gasteiger partial charge in [0.05, 0.1) is 0 Å². The summed E-state index contributed by atoms with van der Waals surface area (Å²) in [4.78, 5) is 0. The third kappa shape index (κ3) is 6.20. The molecular weight excluding hydrogens is 563 g/mol. The van der Waals surface area contributed by atoms with Crippen LogP contribution in [0, 0.1) is 0 Å². The first-order chi connectivity index (χ1) is 6.19. The van der Waals surface area contributed by atoms with Crippen LogP contribution in [0.3, 0.4) is 0 Å². The summed E-state index contributed by atoms with van der Waals surface area (Å²) in [5, 5.41) is 0. The molecule has 0 aromatic carbocycles. The van der Waals surface area contributed by atoms with E-state index >= 15 is 0 Å². The van der Waals surface area contributed by atoms with Crippen LogP contribution in [0.5, 0.6) is 0 Å². The maximum atomic E-state index is 5.45. The molecule has 0 bridgehead atoms. The SMILES string of the molecule is CCOCC=[C]([Pb]([CH3])([CH3])[CH3])[Pb]([CH3])([CH3])[CH3]. The van der Waals surface area contributed by atoms with E-state index in [2.05, 4.69) is 39.9 Å². The first-order valence-corrected chi connectivity index (χ1v) is 32.7. The average Bonchev–Trinajstić information content (AvgIpc) is 1.92. The zero-order valence-electron chi connectivity index (χ0n) is 10.9. The molecule has 0 rings (SSSR count). The Morgan fingerprint density at radius 3 is 1.71 bits per heavy atom. The fourth-order valence-electron chi connectivity index (χ4n) is 2.00. The molecule has 14 heavy (non-hydrogen) atoms. The van der Waals surface area contributed by atoms with Crippen LogP contribution in [0.1, 0.15) is 6.92 Å². The van der Waals surface area contributed by atoms with Crippen molar-refractivity contribution in [3.05, 3.63) is 6.77 Å². The summed E-state index contributed by atoms with van der Waals surface area (Å²) >= 11 is -3.89. The molecule has 0 saturated carbocycles. The second-order valence-electron chi connectivity index (χ2n) is 5.78. The second kappa shape index (κ2) is 6.32. The van der Waals surface area contributed by atoms with Gasteiger partial charge in [0.1, 0.15) is 0 Å². The Kier molecular flexibility index (Phi) is 7.02. The third-order valence-electron chi connectivity index (χ3n) is 2.23. The van der Waals surface area contributed by atoms with Gasteiger partial charge in [0.15, 0.2) is 0 Å². The Morgan fingerprint density at radius 1 is 1.00 bits per heavy atom. The van der Waals surface area contributed by atoms with Crippen molar-refractivity contribution in [2.75, 3.05) is 13.2 Å². The molecular formula is C11H26OPb2. The predicted molar refractivity (Wildman–Crippen MR) is 71.3 cm³/mol. The van der Waals surface area contributed by atoms with Crippen molar-refractivity contribution in [1.29, 1.82) is 0 Å². The van der Waals surface area contributed by atoms with E-state index in [4.69, 9.17) is 4.74 Å². The first kappa shape index (κ1) is 15.5. The van der Waals surface area contributed by atoms with E-state index in [1.807, 2.05) is 0.692 Å². The minimum absolute atomic E-state index is 0.839. The van der Waals surface area contributed by atoms with E-state index in [9.17, 15) is 0 Å². The Balaban J connectivity index is 4.66. The molecule has 0 N–H and O–H groups in total. The fraction of sp³-hybridized carbons (Fsp3) is 0.818. The van der Waals surface area contributed by atoms with E-state index in [1.54, 1.807) is 0 Å². The van der Waals surface area contributed by atoms with Crippen LogP contribution in [0.4, 0.5) is 0 Å². The molecule has 0 aliphatic carbocycles. The molecule has 0 atom stereocenters. The summed E-state index contributed by atoms with van der Waals surface area (Å²) in [6, 6.07) is 0. The van der Waals surface area contributed by atoms with Gasteiger partial charge in [-0.3, -0.25) is 0 Å². The average molecular weight is 589 g/mol. The van der Waals surface area contributed by atoms with Crippen LogP contribution < -0.4 is 0 Å². The van der Waals surface area contributed by atoms with Crippen molar-refractivity contribution in [3.63, 3.8) is 0 Å². The van der Waals surface area contributed by atoms with Crippen LogP contribution in [-0.2, 0) is 4.74 Å². The van der Waals surface area contributed by atoms with Crippen molar-refractivity contribution in [1.82, 2.24) is 0 Å². The zero-order chi connectivity index (χ0) is 11.4. The molecule has 84 valence electrons. The Morgan fingerprint density at radius 2 is 1.43 bits per heavy atom. The van der Waals surface area contributed by atoms with E-state index in [1.165, 1.54) is 0 Å². The summed E-state index contributed by atoms with van der Waals surface area (Å²) in [6.45, 7) is 3.75. The van der Waals surface area contributed by atoms with Gasteiger partial charge >= 0.3 is 101 Å². The summed E-state index contributed by atoms with van der Waals surface area (Å²) in [6.07, 6.45) is 2.44. The molecule has 0 radical (unpaired) electrons. The van der Waals surface area contributed by atoms with Gasteiger partial charge in [0.25, 0.3) is 0 Å². The maximum absolute atomic E-state index is 5.45. The molecule has 0 amide bonds. The molecule has 0 fully saturated rings. The fourth-order valence-corrected chi connectivity index (χ4v) is 92.9. The van der Waals surface area contributed by atoms with Gasteiger partial charge < -0.3 is 0 Å². The van der Waals surface area contributed by atoms with Crippen LogP contribution in [0.15, 0.2) is 6.77 Å². The first-order valence-electron chi connectivity index (χ1n) is 5.48. The van der Waals surface area contributed by atoms with Crippen molar-refractivity contribution in [2.45, 2.75) is 33.8 Å². The van der Waals surface area contributed by atoms with E-state index in [0.717, 1.165) is 13.2 Å². The Hall–Kier alpha value is 1.54. The quantitative estimate of drug-likeness (QED) is 0.352. The number of rotatable bonds is 5. The van der Waals surface area contributed by atoms with E-state index in [-0.39, 0.29) is 0 Å². The van der Waals surface area contributed by atoms with Crippen molar-refractivity contribution in [2.24, 2.45) is 0 Å². The van der Waals surface area contributed by atoms with Gasteiger partial charge in [-0.25, -0.2) is 0 Å². The second-order valence-corrected chi connectivity index (χ2v) is 52.5. The molecule has 0 unspecified atom stereocenters. The van der Waals surface area contributed by atoms with Gasteiger partial charge in [-0.2, -0.15) is 0 Å². The van der Waals surface area contributed by atoms with E-state index < -0.39 is 42.3 Å². The van der Waals surface area contributed by atoms with E-state index in [0.29, 0.717) is 0 Å². The van der Waals surface area contributed by atoms with Gasteiger partial charge in [-0.15, -0.1) is 0 Å². The van der Waals surface area contributed by atoms with Crippen molar-refractivity contribution >= 4 is 42.3 Å². The summed E-state index contributed by atoms with van der Waals surface area (Å²) in [5.74, 6) is 0. The molecule has 0 aromatic heterocycles. The summed E-state index contributed by atoms with van der Waals surface area (Å²) in [7, 11) is 0. The molecule has 0 aromatic rings. The predicted octanol–water partition coefficient (Wildman–Crippen LogP) is 3.70. The number of hydrogen-bond acceptors (Lipinski definition) is 1. The minimum atomic E-state index is -1.95. The van der Waals surface area contributed by atoms with Crippen molar-refractivity contribution < 1.29 is 4.74 Å². The van der Waals surface area contributed by atoms with Gasteiger partial charge in [0, 0.05) is 0 Å². The van der Waals surface area contributed by atoms with Crippen LogP contribution in [0.25, 0.3) is 0 Å². The number of ether oxygens (including phenoxy) is 1. The Bertz CT molecular complexity index is 180. The molecule has 3 heteroatoms. The molecule has 1 nitrogen and oxygen atoms in total. The molecule has 0 aliphatic heterocycles. The molecule has 0 heterocycles. The molecule has 0 spiro atoms.